The van der Waals surface area contributed by atoms with Crippen LogP contribution in [-0.4, -0.2) is 48.5 Å². The van der Waals surface area contributed by atoms with Gasteiger partial charge in [-0.3, -0.25) is 4.99 Å². The second-order valence-corrected chi connectivity index (χ2v) is 6.39. The molecular weight excluding hydrogens is 294 g/mol. The molecule has 0 bridgehead atoms. The first-order valence-electron chi connectivity index (χ1n) is 9.84. The van der Waals surface area contributed by atoms with Gasteiger partial charge in [-0.25, -0.2) is 0 Å². The molecule has 0 saturated carbocycles. The number of nitrogens with zero attached hydrogens (tertiary/aromatic N) is 3. The van der Waals surface area contributed by atoms with Crippen LogP contribution in [0.5, 0.6) is 0 Å². The van der Waals surface area contributed by atoms with Crippen molar-refractivity contribution in [2.45, 2.75) is 59.8 Å². The lowest BCUT2D eigenvalue weighted by Gasteiger charge is -2.34. The van der Waals surface area contributed by atoms with Gasteiger partial charge in [-0.2, -0.15) is 0 Å². The molecule has 0 heterocycles. The molecule has 0 unspecified atom stereocenters. The van der Waals surface area contributed by atoms with Crippen molar-refractivity contribution < 1.29 is 0 Å². The predicted molar refractivity (Wildman–Crippen MR) is 107 cm³/mol. The van der Waals surface area contributed by atoms with Crippen molar-refractivity contribution in [3.05, 3.63) is 35.9 Å². The third-order valence-corrected chi connectivity index (χ3v) is 4.04. The molecule has 24 heavy (non-hydrogen) atoms. The van der Waals surface area contributed by atoms with Gasteiger partial charge in [0.1, 0.15) is 0 Å². The summed E-state index contributed by atoms with van der Waals surface area (Å²) >= 11 is 0. The molecule has 0 aliphatic heterocycles. The lowest BCUT2D eigenvalue weighted by molar-refractivity contribution is 0.312. The highest BCUT2D eigenvalue weighted by Crippen LogP contribution is 2.07. The molecule has 0 fully saturated rings. The maximum atomic E-state index is 5.06. The first-order chi connectivity index (χ1) is 11.8. The topological polar surface area (TPSA) is 18.8 Å². The van der Waals surface area contributed by atoms with Gasteiger partial charge in [-0.05, 0) is 37.7 Å². The summed E-state index contributed by atoms with van der Waals surface area (Å²) in [7, 11) is 0. The first-order valence-corrected chi connectivity index (χ1v) is 9.84. The summed E-state index contributed by atoms with van der Waals surface area (Å²) in [5, 5.41) is 0. The maximum absolute atomic E-state index is 5.06. The maximum Gasteiger partial charge on any atom is 0.196 e. The third-order valence-electron chi connectivity index (χ3n) is 4.04. The van der Waals surface area contributed by atoms with Crippen molar-refractivity contribution in [2.75, 3.05) is 32.7 Å². The standard InChI is InChI=1S/C21H37N3/c1-5-16-23(17-6-2)21(24(18-7-3)19-8-4)22-15-14-20-12-10-9-11-13-20/h9-13H,5-8,14-19H2,1-4H3. The van der Waals surface area contributed by atoms with Crippen LogP contribution in [0, 0.1) is 0 Å². The van der Waals surface area contributed by atoms with Gasteiger partial charge in [0.15, 0.2) is 5.96 Å². The Labute approximate surface area is 149 Å². The molecule has 0 spiro atoms. The Morgan fingerprint density at radius 2 is 1.21 bits per heavy atom. The Balaban J connectivity index is 2.89. The van der Waals surface area contributed by atoms with Crippen LogP contribution >= 0.6 is 0 Å². The van der Waals surface area contributed by atoms with Crippen molar-refractivity contribution >= 4 is 5.96 Å². The number of benzene rings is 1. The largest absolute Gasteiger partial charge is 0.343 e. The lowest BCUT2D eigenvalue weighted by atomic mass is 10.2. The molecule has 1 aromatic carbocycles. The fourth-order valence-corrected chi connectivity index (χ4v) is 3.03. The number of aliphatic imine (C=N–C) groups is 1. The first kappa shape index (κ1) is 20.5. The molecule has 1 aromatic rings. The molecule has 0 amide bonds. The van der Waals surface area contributed by atoms with Crippen molar-refractivity contribution in [1.82, 2.24) is 9.80 Å². The molecule has 0 saturated heterocycles. The van der Waals surface area contributed by atoms with Gasteiger partial charge in [-0.1, -0.05) is 58.0 Å². The zero-order valence-corrected chi connectivity index (χ0v) is 16.3. The fourth-order valence-electron chi connectivity index (χ4n) is 3.03. The van der Waals surface area contributed by atoms with E-state index in [1.54, 1.807) is 0 Å². The highest BCUT2D eigenvalue weighted by atomic mass is 15.4. The molecule has 136 valence electrons. The SMILES string of the molecule is CCCN(CCC)C(=NCCc1ccccc1)N(CCC)CCC. The summed E-state index contributed by atoms with van der Waals surface area (Å²) in [6, 6.07) is 10.7. The van der Waals surface area contributed by atoms with E-state index >= 15 is 0 Å². The number of hydrogen-bond acceptors (Lipinski definition) is 1. The Kier molecular flexibility index (Phi) is 11.0. The average molecular weight is 332 g/mol. The van der Waals surface area contributed by atoms with Crippen molar-refractivity contribution in [3.63, 3.8) is 0 Å². The van der Waals surface area contributed by atoms with Crippen LogP contribution in [0.1, 0.15) is 58.9 Å². The smallest absolute Gasteiger partial charge is 0.196 e. The van der Waals surface area contributed by atoms with Crippen LogP contribution in [0.25, 0.3) is 0 Å². The van der Waals surface area contributed by atoms with Gasteiger partial charge >= 0.3 is 0 Å². The molecule has 0 radical (unpaired) electrons. The monoisotopic (exact) mass is 331 g/mol. The molecule has 0 aliphatic carbocycles. The minimum absolute atomic E-state index is 0.868. The van der Waals surface area contributed by atoms with Gasteiger partial charge in [0.05, 0.1) is 0 Å². The Morgan fingerprint density at radius 3 is 1.62 bits per heavy atom. The van der Waals surface area contributed by atoms with Crippen LogP contribution in [0.3, 0.4) is 0 Å². The summed E-state index contributed by atoms with van der Waals surface area (Å²) in [5.41, 5.74) is 1.37. The number of hydrogen-bond donors (Lipinski definition) is 0. The van der Waals surface area contributed by atoms with E-state index in [9.17, 15) is 0 Å². The average Bonchev–Trinajstić information content (AvgIpc) is 2.60. The summed E-state index contributed by atoms with van der Waals surface area (Å²) in [6.07, 6.45) is 5.70. The van der Waals surface area contributed by atoms with Gasteiger partial charge in [0, 0.05) is 32.7 Å². The second kappa shape index (κ2) is 12.9. The van der Waals surface area contributed by atoms with E-state index in [1.165, 1.54) is 37.2 Å². The Morgan fingerprint density at radius 1 is 0.750 bits per heavy atom. The van der Waals surface area contributed by atoms with E-state index < -0.39 is 0 Å². The van der Waals surface area contributed by atoms with Crippen LogP contribution in [-0.2, 0) is 6.42 Å². The molecular formula is C21H37N3. The summed E-state index contributed by atoms with van der Waals surface area (Å²) in [4.78, 5) is 10.1. The number of guanidine groups is 1. The van der Waals surface area contributed by atoms with Crippen LogP contribution in [0.15, 0.2) is 35.3 Å². The Bertz CT molecular complexity index is 412. The normalized spacial score (nSPS) is 10.5. The van der Waals surface area contributed by atoms with Crippen molar-refractivity contribution in [1.29, 1.82) is 0 Å². The van der Waals surface area contributed by atoms with Gasteiger partial charge in [0.25, 0.3) is 0 Å². The minimum Gasteiger partial charge on any atom is -0.343 e. The van der Waals surface area contributed by atoms with Crippen molar-refractivity contribution in [3.8, 4) is 0 Å². The van der Waals surface area contributed by atoms with Gasteiger partial charge in [0.2, 0.25) is 0 Å². The van der Waals surface area contributed by atoms with E-state index in [4.69, 9.17) is 4.99 Å². The zero-order chi connectivity index (χ0) is 17.6. The van der Waals surface area contributed by atoms with E-state index in [1.807, 2.05) is 0 Å². The van der Waals surface area contributed by atoms with E-state index in [-0.39, 0.29) is 0 Å². The Hall–Kier alpha value is -1.51. The van der Waals surface area contributed by atoms with Gasteiger partial charge < -0.3 is 9.80 Å². The van der Waals surface area contributed by atoms with Crippen LogP contribution in [0.2, 0.25) is 0 Å². The van der Waals surface area contributed by atoms with Gasteiger partial charge in [-0.15, -0.1) is 0 Å². The minimum atomic E-state index is 0.868. The quantitative estimate of drug-likeness (QED) is 0.427. The van der Waals surface area contributed by atoms with E-state index in [0.717, 1.165) is 39.1 Å². The highest BCUT2D eigenvalue weighted by Gasteiger charge is 2.16. The predicted octanol–water partition coefficient (Wildman–Crippen LogP) is 4.83. The molecule has 0 aliphatic rings. The highest BCUT2D eigenvalue weighted by molar-refractivity contribution is 5.80. The molecule has 3 nitrogen and oxygen atoms in total. The van der Waals surface area contributed by atoms with E-state index in [0.29, 0.717) is 0 Å². The molecule has 0 atom stereocenters. The van der Waals surface area contributed by atoms with Crippen LogP contribution < -0.4 is 0 Å². The third kappa shape index (κ3) is 7.37. The molecule has 3 heteroatoms. The molecule has 0 aromatic heterocycles. The molecule has 0 N–H and O–H groups in total. The van der Waals surface area contributed by atoms with Crippen molar-refractivity contribution in [2.24, 2.45) is 4.99 Å². The lowest BCUT2D eigenvalue weighted by Crippen LogP contribution is -2.46. The fraction of sp³-hybridized carbons (Fsp3) is 0.667. The van der Waals surface area contributed by atoms with Crippen LogP contribution in [0.4, 0.5) is 0 Å². The summed E-state index contributed by atoms with van der Waals surface area (Å²) in [5.74, 6) is 1.22. The molecule has 1 rings (SSSR count). The second-order valence-electron chi connectivity index (χ2n) is 6.39. The zero-order valence-electron chi connectivity index (χ0n) is 16.3. The summed E-state index contributed by atoms with van der Waals surface area (Å²) in [6.45, 7) is 14.3. The van der Waals surface area contributed by atoms with E-state index in [2.05, 4.69) is 67.8 Å². The summed E-state index contributed by atoms with van der Waals surface area (Å²) < 4.78 is 0. The number of rotatable bonds is 11.